The van der Waals surface area contributed by atoms with Crippen LogP contribution in [0, 0.1) is 6.07 Å². The molecule has 0 heterocycles. The van der Waals surface area contributed by atoms with Crippen molar-refractivity contribution in [1.82, 2.24) is 0 Å². The molecule has 0 aliphatic rings. The van der Waals surface area contributed by atoms with Crippen LogP contribution in [-0.2, 0) is 0 Å². The molecule has 0 bridgehead atoms. The van der Waals surface area contributed by atoms with Crippen molar-refractivity contribution < 1.29 is 51.4 Å². The molecule has 0 saturated carbocycles. The Morgan fingerprint density at radius 1 is 1.36 bits per heavy atom. The molecule has 1 aromatic rings. The summed E-state index contributed by atoms with van der Waals surface area (Å²) in [4.78, 5) is 3.92. The van der Waals surface area contributed by atoms with Crippen LogP contribution in [0.1, 0.15) is 25.0 Å². The van der Waals surface area contributed by atoms with E-state index < -0.39 is 0 Å². The summed E-state index contributed by atoms with van der Waals surface area (Å²) in [7, 11) is 1.75. The van der Waals surface area contributed by atoms with Gasteiger partial charge in [0, 0.05) is 7.05 Å². The summed E-state index contributed by atoms with van der Waals surface area (Å²) in [5, 5.41) is 0. The minimum absolute atomic E-state index is 0. The van der Waals surface area contributed by atoms with Crippen LogP contribution in [0.15, 0.2) is 29.8 Å². The van der Waals surface area contributed by atoms with Gasteiger partial charge in [0.2, 0.25) is 0 Å². The number of hydrogen-bond donors (Lipinski definition) is 0. The number of aliphatic imine (C=N–C) groups is 1. The third-order valence-corrected chi connectivity index (χ3v) is 1.42. The van der Waals surface area contributed by atoms with Crippen LogP contribution in [0.25, 0.3) is 6.08 Å². The van der Waals surface area contributed by atoms with Gasteiger partial charge in [-0.3, -0.25) is 0 Å². The Balaban J connectivity index is 0. The van der Waals surface area contributed by atoms with Gasteiger partial charge >= 0.3 is 51.4 Å². The third kappa shape index (κ3) is 5.88. The van der Waals surface area contributed by atoms with Crippen LogP contribution in [0.4, 0.5) is 0 Å². The van der Waals surface area contributed by atoms with Crippen molar-refractivity contribution in [3.8, 4) is 0 Å². The second-order valence-corrected chi connectivity index (χ2v) is 2.15. The van der Waals surface area contributed by atoms with E-state index in [0.717, 1.165) is 11.1 Å². The molecule has 0 aliphatic heterocycles. The molecule has 0 spiro atoms. The van der Waals surface area contributed by atoms with Crippen molar-refractivity contribution in [2.45, 2.75) is 13.8 Å². The van der Waals surface area contributed by atoms with Crippen LogP contribution in [0.3, 0.4) is 0 Å². The molecule has 1 nitrogen and oxygen atoms in total. The second-order valence-electron chi connectivity index (χ2n) is 2.15. The number of nitrogens with zero attached hydrogens (tertiary/aromatic N) is 1. The molecule has 2 heteroatoms. The van der Waals surface area contributed by atoms with Crippen molar-refractivity contribution >= 4 is 12.3 Å². The van der Waals surface area contributed by atoms with E-state index in [2.05, 4.69) is 17.6 Å². The largest absolute Gasteiger partial charge is 1.00 e. The van der Waals surface area contributed by atoms with E-state index in [1.54, 1.807) is 13.3 Å². The fraction of sp³-hybridized carbons (Fsp3) is 0.250. The monoisotopic (exact) mass is 213 g/mol. The molecule has 1 aromatic carbocycles. The quantitative estimate of drug-likeness (QED) is 0.378. The van der Waals surface area contributed by atoms with Crippen molar-refractivity contribution in [3.05, 3.63) is 42.0 Å². The molecule has 0 aliphatic carbocycles. The molecule has 70 valence electrons. The average molecular weight is 213 g/mol. The van der Waals surface area contributed by atoms with Gasteiger partial charge in [-0.1, -0.05) is 19.9 Å². The molecule has 0 saturated heterocycles. The second kappa shape index (κ2) is 11.3. The Morgan fingerprint density at radius 3 is 2.50 bits per heavy atom. The first-order valence-corrected chi connectivity index (χ1v) is 4.43. The maximum absolute atomic E-state index is 3.92. The van der Waals surface area contributed by atoms with Crippen molar-refractivity contribution in [1.29, 1.82) is 0 Å². The first-order chi connectivity index (χ1) is 6.38. The number of rotatable bonds is 2. The van der Waals surface area contributed by atoms with E-state index in [1.165, 1.54) is 0 Å². The van der Waals surface area contributed by atoms with Gasteiger partial charge < -0.3 is 4.99 Å². The molecule has 0 atom stereocenters. The summed E-state index contributed by atoms with van der Waals surface area (Å²) < 4.78 is 0. The predicted molar refractivity (Wildman–Crippen MR) is 60.2 cm³/mol. The standard InChI is InChI=1S/C10H10N.C2H6.K/c1-3-9-6-4-5-7-10(9)8-11-2;1-2;/h3-4,6-8H,1H2,2H3;1-2H3;/q-1;;+1. The molecular weight excluding hydrogens is 197 g/mol. The molecular formula is C12H16KN. The van der Waals surface area contributed by atoms with Crippen LogP contribution in [0.2, 0.25) is 0 Å². The van der Waals surface area contributed by atoms with Gasteiger partial charge in [-0.15, -0.1) is 17.7 Å². The van der Waals surface area contributed by atoms with Crippen LogP contribution < -0.4 is 51.4 Å². The fourth-order valence-corrected chi connectivity index (χ4v) is 0.892. The summed E-state index contributed by atoms with van der Waals surface area (Å²) in [5.41, 5.74) is 2.15. The predicted octanol–water partition coefficient (Wildman–Crippen LogP) is 0.209. The average Bonchev–Trinajstić information content (AvgIpc) is 2.22. The van der Waals surface area contributed by atoms with Gasteiger partial charge in [0.15, 0.2) is 0 Å². The minimum Gasteiger partial charge on any atom is -0.309 e. The SMILES string of the molecule is C=Cc1cc[c-]cc1C=NC.CC.[K+]. The van der Waals surface area contributed by atoms with Gasteiger partial charge in [0.1, 0.15) is 0 Å². The normalized spacial score (nSPS) is 8.50. The van der Waals surface area contributed by atoms with Gasteiger partial charge in [0.05, 0.1) is 0 Å². The molecule has 1 rings (SSSR count). The summed E-state index contributed by atoms with van der Waals surface area (Å²) in [6.07, 6.45) is 3.61. The van der Waals surface area contributed by atoms with E-state index in [-0.39, 0.29) is 51.4 Å². The molecule has 14 heavy (non-hydrogen) atoms. The smallest absolute Gasteiger partial charge is 0.309 e. The van der Waals surface area contributed by atoms with Gasteiger partial charge in [-0.05, 0) is 6.21 Å². The van der Waals surface area contributed by atoms with E-state index >= 15 is 0 Å². The Bertz CT molecular complexity index is 279. The van der Waals surface area contributed by atoms with Crippen molar-refractivity contribution in [3.63, 3.8) is 0 Å². The molecule has 0 radical (unpaired) electrons. The summed E-state index contributed by atoms with van der Waals surface area (Å²) >= 11 is 0. The molecule has 0 aromatic heterocycles. The summed E-state index contributed by atoms with van der Waals surface area (Å²) in [5.74, 6) is 0. The Morgan fingerprint density at radius 2 is 2.00 bits per heavy atom. The summed E-state index contributed by atoms with van der Waals surface area (Å²) in [6.45, 7) is 7.70. The van der Waals surface area contributed by atoms with Gasteiger partial charge in [0.25, 0.3) is 0 Å². The first kappa shape index (κ1) is 16.7. The van der Waals surface area contributed by atoms with Crippen LogP contribution in [-0.4, -0.2) is 13.3 Å². The zero-order valence-corrected chi connectivity index (χ0v) is 12.7. The van der Waals surface area contributed by atoms with Crippen molar-refractivity contribution in [2.75, 3.05) is 7.05 Å². The van der Waals surface area contributed by atoms with Gasteiger partial charge in [-0.25, -0.2) is 0 Å². The first-order valence-electron chi connectivity index (χ1n) is 4.43. The zero-order valence-electron chi connectivity index (χ0n) is 9.54. The Labute approximate surface area is 130 Å². The van der Waals surface area contributed by atoms with E-state index in [0.29, 0.717) is 0 Å². The van der Waals surface area contributed by atoms with Crippen molar-refractivity contribution in [2.24, 2.45) is 4.99 Å². The Hall–Kier alpha value is 0.266. The molecule has 0 N–H and O–H groups in total. The Kier molecular flexibility index (Phi) is 13.5. The van der Waals surface area contributed by atoms with E-state index in [1.807, 2.05) is 38.1 Å². The summed E-state index contributed by atoms with van der Waals surface area (Å²) in [6, 6.07) is 8.70. The molecule has 0 unspecified atom stereocenters. The number of benzene rings is 1. The molecule has 0 amide bonds. The van der Waals surface area contributed by atoms with E-state index in [9.17, 15) is 0 Å². The number of hydrogen-bond acceptors (Lipinski definition) is 1. The van der Waals surface area contributed by atoms with Gasteiger partial charge in [-0.2, -0.15) is 24.3 Å². The minimum atomic E-state index is 0. The van der Waals surface area contributed by atoms with E-state index in [4.69, 9.17) is 0 Å². The zero-order chi connectivity index (χ0) is 10.1. The fourth-order valence-electron chi connectivity index (χ4n) is 0.892. The molecule has 0 fully saturated rings. The maximum atomic E-state index is 3.92. The van der Waals surface area contributed by atoms with Crippen LogP contribution >= 0.6 is 0 Å². The third-order valence-electron chi connectivity index (χ3n) is 1.42. The van der Waals surface area contributed by atoms with Crippen LogP contribution in [0.5, 0.6) is 0 Å². The topological polar surface area (TPSA) is 12.4 Å². The maximum Gasteiger partial charge on any atom is 1.00 e.